The molecular formula is C72H75FN22O7. The fourth-order valence-electron chi connectivity index (χ4n) is 10.4. The zero-order valence-electron chi connectivity index (χ0n) is 58.2. The quantitative estimate of drug-likeness (QED) is 0.0242. The summed E-state index contributed by atoms with van der Waals surface area (Å²) in [5, 5.41) is 40.9. The molecule has 1 aliphatic carbocycles. The molecule has 0 atom stereocenters. The highest BCUT2D eigenvalue weighted by Crippen LogP contribution is 2.41. The molecule has 9 aromatic heterocycles. The summed E-state index contributed by atoms with van der Waals surface area (Å²) in [6, 6.07) is 28.4. The minimum Gasteiger partial charge on any atom is -0.494 e. The van der Waals surface area contributed by atoms with Crippen molar-refractivity contribution in [1.29, 1.82) is 5.26 Å². The standard InChI is InChI=1S/C27H30FN7O2.C24H22N8O2.C21H23N7O3/c1-7-21(36)17-14-29-23(32-22-12-11-18(25(28)33-22)27(2,3)4)13-20(17)31-19-10-8-9-16(24(19)37-6)26-30-15-35(5)34-26;1-4-20(33)17-13-26-22(30-21-10-5-7-15(12-25)28-21)11-19(17)29-18-9-6-8-16(23(18)34-3)24-27-14-32(2)31-24;1-4-16(29)14-10-23-17(26-21(30)12-5-6-12)9-15(14)25-20-18(31-3)13(7-8-22-20)19-24-11-28(2)27-19/h8-15H,7H2,1-6H3,(H2,29,31,32,33);5-11,13-14H,4H2,1-3H3,(H2,26,28,29,30);7-12H,4-6H2,1-3H3,(H2,22,23,25,26,30). The molecular weight excluding hydrogens is 1300 g/mol. The van der Waals surface area contributed by atoms with Gasteiger partial charge in [0.15, 0.2) is 57.9 Å². The van der Waals surface area contributed by atoms with Gasteiger partial charge in [-0.15, -0.1) is 0 Å². The number of benzene rings is 2. The molecule has 102 heavy (non-hydrogen) atoms. The number of ketones is 3. The number of nitrogens with zero attached hydrogens (tertiary/aromatic N) is 16. The van der Waals surface area contributed by atoms with Crippen molar-refractivity contribution >= 4 is 86.6 Å². The maximum atomic E-state index is 14.6. The van der Waals surface area contributed by atoms with E-state index in [-0.39, 0.29) is 40.3 Å². The van der Waals surface area contributed by atoms with Gasteiger partial charge in [-0.1, -0.05) is 65.8 Å². The van der Waals surface area contributed by atoms with Crippen LogP contribution in [-0.4, -0.2) is 119 Å². The monoisotopic (exact) mass is 1380 g/mol. The number of anilines is 11. The molecule has 11 aromatic rings. The van der Waals surface area contributed by atoms with E-state index in [1.165, 1.54) is 25.7 Å². The predicted octanol–water partition coefficient (Wildman–Crippen LogP) is 13.0. The zero-order valence-corrected chi connectivity index (χ0v) is 58.2. The number of hydrogen-bond donors (Lipinski definition) is 6. The lowest BCUT2D eigenvalue weighted by Gasteiger charge is -2.19. The van der Waals surface area contributed by atoms with Gasteiger partial charge in [-0.3, -0.25) is 33.2 Å². The normalized spacial score (nSPS) is 11.5. The van der Waals surface area contributed by atoms with Crippen molar-refractivity contribution in [2.75, 3.05) is 53.2 Å². The summed E-state index contributed by atoms with van der Waals surface area (Å²) in [6.07, 6.45) is 13.6. The van der Waals surface area contributed by atoms with Crippen molar-refractivity contribution in [3.8, 4) is 57.5 Å². The molecule has 1 saturated carbocycles. The van der Waals surface area contributed by atoms with Crippen molar-refractivity contribution in [1.82, 2.24) is 74.2 Å². The SMILES string of the molecule is CCC(=O)c1cnc(NC(=O)C2CC2)cc1Nc1nccc(-c2ncn(C)n2)c1OC.CCC(=O)c1cnc(Nc2ccc(C(C)(C)C)c(F)n2)cc1Nc1cccc(-c2ncn(C)n2)c1OC.CCC(=O)c1cnc(Nc2cccc(C#N)n2)cc1Nc1cccc(-c2ncn(C)n2)c1OC. The third-order valence-electron chi connectivity index (χ3n) is 15.7. The Bertz CT molecular complexity index is 4940. The first-order chi connectivity index (χ1) is 49.1. The Hall–Kier alpha value is -12.9. The van der Waals surface area contributed by atoms with Crippen molar-refractivity contribution in [2.24, 2.45) is 27.1 Å². The van der Waals surface area contributed by atoms with Crippen LogP contribution in [0.25, 0.3) is 34.2 Å². The third-order valence-corrected chi connectivity index (χ3v) is 15.7. The first-order valence-electron chi connectivity index (χ1n) is 32.4. The summed E-state index contributed by atoms with van der Waals surface area (Å²) >= 11 is 0. The second-order valence-corrected chi connectivity index (χ2v) is 24.1. The van der Waals surface area contributed by atoms with Crippen LogP contribution < -0.4 is 46.1 Å². The lowest BCUT2D eigenvalue weighted by Crippen LogP contribution is -2.15. The molecule has 0 unspecified atom stereocenters. The number of carbonyl (C=O) groups is 4. The van der Waals surface area contributed by atoms with Gasteiger partial charge in [-0.2, -0.15) is 24.9 Å². The second-order valence-electron chi connectivity index (χ2n) is 24.1. The first kappa shape index (κ1) is 71.8. The van der Waals surface area contributed by atoms with E-state index in [4.69, 9.17) is 19.5 Å². The topological polar surface area (TPSA) is 361 Å². The molecule has 0 radical (unpaired) electrons. The summed E-state index contributed by atoms with van der Waals surface area (Å²) in [4.78, 5) is 88.5. The molecule has 6 N–H and O–H groups in total. The maximum absolute atomic E-state index is 14.6. The van der Waals surface area contributed by atoms with Gasteiger partial charge < -0.3 is 46.1 Å². The number of hydrogen-bond acceptors (Lipinski definition) is 25. The lowest BCUT2D eigenvalue weighted by atomic mass is 9.88. The van der Waals surface area contributed by atoms with Crippen LogP contribution in [0.3, 0.4) is 0 Å². The summed E-state index contributed by atoms with van der Waals surface area (Å²) in [5.41, 5.74) is 6.54. The summed E-state index contributed by atoms with van der Waals surface area (Å²) in [5.74, 6) is 4.61. The lowest BCUT2D eigenvalue weighted by molar-refractivity contribution is -0.117. The van der Waals surface area contributed by atoms with Gasteiger partial charge in [0.1, 0.15) is 59.8 Å². The predicted molar refractivity (Wildman–Crippen MR) is 383 cm³/mol. The van der Waals surface area contributed by atoms with Crippen molar-refractivity contribution in [3.05, 3.63) is 169 Å². The van der Waals surface area contributed by atoms with E-state index >= 15 is 0 Å². The van der Waals surface area contributed by atoms with Crippen molar-refractivity contribution in [3.63, 3.8) is 0 Å². The highest BCUT2D eigenvalue weighted by Gasteiger charge is 2.31. The Morgan fingerprint density at radius 3 is 1.38 bits per heavy atom. The number of pyridine rings is 6. The number of amides is 1. The summed E-state index contributed by atoms with van der Waals surface area (Å²) < 4.78 is 36.4. The average molecular weight is 1380 g/mol. The zero-order chi connectivity index (χ0) is 72.8. The van der Waals surface area contributed by atoms with Crippen molar-refractivity contribution in [2.45, 2.75) is 79.1 Å². The van der Waals surface area contributed by atoms with Crippen LogP contribution in [0.4, 0.5) is 67.7 Å². The molecule has 29 nitrogen and oxygen atoms in total. The number of nitriles is 1. The molecule has 9 heterocycles. The van der Waals surface area contributed by atoms with Crippen molar-refractivity contribution < 1.29 is 37.8 Å². The molecule has 12 rings (SSSR count). The van der Waals surface area contributed by atoms with Crippen LogP contribution in [0.15, 0.2) is 135 Å². The number of methoxy groups -OCH3 is 3. The molecule has 0 saturated heterocycles. The average Bonchev–Trinajstić information content (AvgIpc) is 1.30. The van der Waals surface area contributed by atoms with Gasteiger partial charge in [0.05, 0.1) is 83.1 Å². The van der Waals surface area contributed by atoms with Crippen LogP contribution in [0, 0.1) is 23.2 Å². The molecule has 0 spiro atoms. The van der Waals surface area contributed by atoms with E-state index in [0.29, 0.717) is 156 Å². The number of aryl methyl sites for hydroxylation is 3. The van der Waals surface area contributed by atoms with Gasteiger partial charge in [0, 0.05) is 94.9 Å². The van der Waals surface area contributed by atoms with Crippen LogP contribution >= 0.6 is 0 Å². The molecule has 1 fully saturated rings. The molecule has 0 aliphatic heterocycles. The minimum absolute atomic E-state index is 0.0412. The summed E-state index contributed by atoms with van der Waals surface area (Å²) in [7, 11) is 10.0. The van der Waals surface area contributed by atoms with E-state index in [1.807, 2.05) is 63.2 Å². The largest absolute Gasteiger partial charge is 0.494 e. The fourth-order valence-corrected chi connectivity index (χ4v) is 10.4. The Morgan fingerprint density at radius 1 is 0.520 bits per heavy atom. The minimum atomic E-state index is -0.543. The number of rotatable bonds is 24. The van der Waals surface area contributed by atoms with Gasteiger partial charge >= 0.3 is 0 Å². The van der Waals surface area contributed by atoms with Crippen LogP contribution in [0.2, 0.25) is 0 Å². The number of nitrogens with one attached hydrogen (secondary N) is 6. The highest BCUT2D eigenvalue weighted by atomic mass is 19.1. The molecule has 1 amide bonds. The van der Waals surface area contributed by atoms with Gasteiger partial charge in [0.2, 0.25) is 11.9 Å². The molecule has 2 aromatic carbocycles. The van der Waals surface area contributed by atoms with Crippen LogP contribution in [0.1, 0.15) is 116 Å². The molecule has 522 valence electrons. The number of halogens is 1. The Balaban J connectivity index is 0.000000165. The number of ether oxygens (including phenoxy) is 3. The number of Topliss-reactive ketones (excluding diaryl/α,β-unsaturated/α-hetero) is 3. The summed E-state index contributed by atoms with van der Waals surface area (Å²) in [6.45, 7) is 11.1. The Labute approximate surface area is 586 Å². The smallest absolute Gasteiger partial charge is 0.228 e. The molecule has 30 heteroatoms. The Kier molecular flexibility index (Phi) is 22.6. The van der Waals surface area contributed by atoms with Crippen LogP contribution in [0.5, 0.6) is 17.2 Å². The second kappa shape index (κ2) is 32.2. The number of para-hydroxylation sites is 2. The number of aromatic nitrogens is 15. The van der Waals surface area contributed by atoms with Gasteiger partial charge in [0.25, 0.3) is 0 Å². The third kappa shape index (κ3) is 17.3. The highest BCUT2D eigenvalue weighted by molar-refractivity contribution is 6.04. The van der Waals surface area contributed by atoms with E-state index < -0.39 is 5.95 Å². The van der Waals surface area contributed by atoms with E-state index in [2.05, 4.69) is 92.1 Å². The molecule has 0 bridgehead atoms. The maximum Gasteiger partial charge on any atom is 0.228 e. The van der Waals surface area contributed by atoms with E-state index in [9.17, 15) is 23.6 Å². The fraction of sp³-hybridized carbons (Fsp3) is 0.264. The van der Waals surface area contributed by atoms with Gasteiger partial charge in [-0.05, 0) is 66.8 Å². The number of carbonyl (C=O) groups excluding carboxylic acids is 4. The molecule has 1 aliphatic rings. The van der Waals surface area contributed by atoms with E-state index in [1.54, 1.807) is 150 Å². The first-order valence-corrected chi connectivity index (χ1v) is 32.4. The van der Waals surface area contributed by atoms with Crippen LogP contribution in [-0.2, 0) is 31.4 Å². The Morgan fingerprint density at radius 2 is 0.961 bits per heavy atom. The van der Waals surface area contributed by atoms with Gasteiger partial charge in [-0.25, -0.2) is 44.9 Å². The van der Waals surface area contributed by atoms with E-state index in [0.717, 1.165) is 12.8 Å².